The molecule has 0 aliphatic carbocycles. The van der Waals surface area contributed by atoms with Crippen LogP contribution in [-0.4, -0.2) is 38.9 Å². The fourth-order valence-electron chi connectivity index (χ4n) is 1.52. The van der Waals surface area contributed by atoms with Crippen LogP contribution in [0.4, 0.5) is 0 Å². The van der Waals surface area contributed by atoms with Crippen molar-refractivity contribution in [2.24, 2.45) is 0 Å². The maximum Gasteiger partial charge on any atom is 0.243 e. The summed E-state index contributed by atoms with van der Waals surface area (Å²) in [5, 5.41) is 3.06. The van der Waals surface area contributed by atoms with Gasteiger partial charge in [-0.25, -0.2) is 8.42 Å². The van der Waals surface area contributed by atoms with Gasteiger partial charge < -0.3 is 5.32 Å². The zero-order valence-electron chi connectivity index (χ0n) is 8.85. The number of nitrogens with one attached hydrogen (secondary N) is 1. The highest BCUT2D eigenvalue weighted by atomic mass is 79.9. The third kappa shape index (κ3) is 2.15. The Morgan fingerprint density at radius 3 is 2.62 bits per heavy atom. The zero-order valence-corrected chi connectivity index (χ0v) is 11.3. The molecule has 16 heavy (non-hydrogen) atoms. The van der Waals surface area contributed by atoms with Crippen molar-refractivity contribution >= 4 is 26.0 Å². The lowest BCUT2D eigenvalue weighted by Gasteiger charge is -2.34. The molecule has 0 amide bonds. The first kappa shape index (κ1) is 12.0. The smallest absolute Gasteiger partial charge is 0.243 e. The molecule has 1 aliphatic rings. The summed E-state index contributed by atoms with van der Waals surface area (Å²) < 4.78 is 26.6. The van der Waals surface area contributed by atoms with E-state index in [1.54, 1.807) is 25.2 Å². The van der Waals surface area contributed by atoms with Crippen LogP contribution < -0.4 is 5.32 Å². The predicted molar refractivity (Wildman–Crippen MR) is 65.7 cm³/mol. The van der Waals surface area contributed by atoms with Crippen LogP contribution in [0.2, 0.25) is 0 Å². The lowest BCUT2D eigenvalue weighted by atomic mass is 10.2. The Morgan fingerprint density at radius 1 is 1.44 bits per heavy atom. The first-order chi connectivity index (χ1) is 7.51. The fraction of sp³-hybridized carbons (Fsp3) is 0.400. The van der Waals surface area contributed by atoms with E-state index in [1.807, 2.05) is 6.07 Å². The topological polar surface area (TPSA) is 49.4 Å². The average molecular weight is 305 g/mol. The minimum Gasteiger partial charge on any atom is -0.313 e. The van der Waals surface area contributed by atoms with Crippen LogP contribution >= 0.6 is 15.9 Å². The molecular weight excluding hydrogens is 292 g/mol. The van der Waals surface area contributed by atoms with E-state index >= 15 is 0 Å². The van der Waals surface area contributed by atoms with Crippen LogP contribution in [0.25, 0.3) is 0 Å². The second-order valence-corrected chi connectivity index (χ2v) is 6.70. The Bertz CT molecular complexity index is 485. The molecule has 0 aromatic heterocycles. The van der Waals surface area contributed by atoms with Gasteiger partial charge in [-0.05, 0) is 18.2 Å². The summed E-state index contributed by atoms with van der Waals surface area (Å²) in [6.07, 6.45) is 0. The van der Waals surface area contributed by atoms with Crippen molar-refractivity contribution in [3.63, 3.8) is 0 Å². The molecule has 0 spiro atoms. The van der Waals surface area contributed by atoms with Gasteiger partial charge in [0, 0.05) is 30.7 Å². The minimum absolute atomic E-state index is 0.0731. The van der Waals surface area contributed by atoms with Gasteiger partial charge in [0.15, 0.2) is 0 Å². The van der Waals surface area contributed by atoms with E-state index in [9.17, 15) is 8.42 Å². The summed E-state index contributed by atoms with van der Waals surface area (Å²) in [5.41, 5.74) is 0. The molecule has 1 heterocycles. The summed E-state index contributed by atoms with van der Waals surface area (Å²) in [6.45, 7) is 1.45. The van der Waals surface area contributed by atoms with Crippen molar-refractivity contribution in [2.75, 3.05) is 20.1 Å². The molecular formula is C10H13BrN2O2S. The monoisotopic (exact) mass is 304 g/mol. The number of nitrogens with zero attached hydrogens (tertiary/aromatic N) is 1. The maximum atomic E-state index is 12.2. The van der Waals surface area contributed by atoms with Crippen molar-refractivity contribution in [3.05, 3.63) is 28.7 Å². The van der Waals surface area contributed by atoms with E-state index in [0.717, 1.165) is 17.6 Å². The number of halogens is 1. The molecule has 4 nitrogen and oxygen atoms in total. The maximum absolute atomic E-state index is 12.2. The Kier molecular flexibility index (Phi) is 3.34. The molecule has 1 N–H and O–H groups in total. The van der Waals surface area contributed by atoms with Gasteiger partial charge in [-0.2, -0.15) is 4.31 Å². The number of rotatable bonds is 3. The van der Waals surface area contributed by atoms with Gasteiger partial charge in [-0.3, -0.25) is 0 Å². The summed E-state index contributed by atoms with van der Waals surface area (Å²) in [7, 11) is -1.73. The highest BCUT2D eigenvalue weighted by Gasteiger charge is 2.31. The highest BCUT2D eigenvalue weighted by molar-refractivity contribution is 9.10. The van der Waals surface area contributed by atoms with Gasteiger partial charge in [-0.1, -0.05) is 22.0 Å². The Labute approximate surface area is 104 Å². The highest BCUT2D eigenvalue weighted by Crippen LogP contribution is 2.21. The molecule has 6 heteroatoms. The van der Waals surface area contributed by atoms with Crippen molar-refractivity contribution in [2.45, 2.75) is 10.9 Å². The quantitative estimate of drug-likeness (QED) is 0.908. The van der Waals surface area contributed by atoms with Crippen LogP contribution in [0.3, 0.4) is 0 Å². The van der Waals surface area contributed by atoms with Crippen LogP contribution in [0.1, 0.15) is 0 Å². The van der Waals surface area contributed by atoms with Crippen molar-refractivity contribution in [1.29, 1.82) is 0 Å². The van der Waals surface area contributed by atoms with Gasteiger partial charge in [0.05, 0.1) is 4.90 Å². The molecule has 1 fully saturated rings. The lowest BCUT2D eigenvalue weighted by Crippen LogP contribution is -2.57. The zero-order chi connectivity index (χ0) is 11.8. The number of hydrogen-bond acceptors (Lipinski definition) is 3. The third-order valence-electron chi connectivity index (χ3n) is 2.75. The molecule has 0 saturated carbocycles. The van der Waals surface area contributed by atoms with Crippen LogP contribution in [0, 0.1) is 0 Å². The second-order valence-electron chi connectivity index (χ2n) is 3.79. The first-order valence-corrected chi connectivity index (χ1v) is 7.19. The van der Waals surface area contributed by atoms with Gasteiger partial charge in [-0.15, -0.1) is 0 Å². The largest absolute Gasteiger partial charge is 0.313 e. The van der Waals surface area contributed by atoms with E-state index in [0.29, 0.717) is 4.90 Å². The first-order valence-electron chi connectivity index (χ1n) is 4.96. The SMILES string of the molecule is CN(C1CNC1)S(=O)(=O)c1cccc(Br)c1. The lowest BCUT2D eigenvalue weighted by molar-refractivity contribution is 0.274. The number of sulfonamides is 1. The van der Waals surface area contributed by atoms with Crippen LogP contribution in [0.15, 0.2) is 33.6 Å². The summed E-state index contributed by atoms with van der Waals surface area (Å²) in [6, 6.07) is 6.85. The number of hydrogen-bond donors (Lipinski definition) is 1. The molecule has 88 valence electrons. The van der Waals surface area contributed by atoms with E-state index in [1.165, 1.54) is 4.31 Å². The van der Waals surface area contributed by atoms with Crippen molar-refractivity contribution < 1.29 is 8.42 Å². The normalized spacial score (nSPS) is 17.4. The van der Waals surface area contributed by atoms with E-state index in [2.05, 4.69) is 21.2 Å². The van der Waals surface area contributed by atoms with E-state index in [-0.39, 0.29) is 6.04 Å². The van der Waals surface area contributed by atoms with E-state index < -0.39 is 10.0 Å². The fourth-order valence-corrected chi connectivity index (χ4v) is 3.47. The Hall–Kier alpha value is -0.430. The summed E-state index contributed by atoms with van der Waals surface area (Å²) >= 11 is 3.28. The molecule has 2 rings (SSSR count). The molecule has 0 bridgehead atoms. The molecule has 1 aromatic carbocycles. The molecule has 0 radical (unpaired) electrons. The van der Waals surface area contributed by atoms with Gasteiger partial charge in [0.1, 0.15) is 0 Å². The molecule has 1 aromatic rings. The Morgan fingerprint density at radius 2 is 2.12 bits per heavy atom. The minimum atomic E-state index is -3.36. The molecule has 0 atom stereocenters. The van der Waals surface area contributed by atoms with Crippen molar-refractivity contribution in [3.8, 4) is 0 Å². The molecule has 0 unspecified atom stereocenters. The summed E-state index contributed by atoms with van der Waals surface area (Å²) in [4.78, 5) is 0.330. The predicted octanol–water partition coefficient (Wildman–Crippen LogP) is 1.04. The molecule has 1 saturated heterocycles. The van der Waals surface area contributed by atoms with Crippen molar-refractivity contribution in [1.82, 2.24) is 9.62 Å². The van der Waals surface area contributed by atoms with Crippen LogP contribution in [-0.2, 0) is 10.0 Å². The second kappa shape index (κ2) is 4.44. The Balaban J connectivity index is 2.30. The third-order valence-corrected chi connectivity index (χ3v) is 5.15. The van der Waals surface area contributed by atoms with Crippen LogP contribution in [0.5, 0.6) is 0 Å². The van der Waals surface area contributed by atoms with Gasteiger partial charge >= 0.3 is 0 Å². The van der Waals surface area contributed by atoms with Gasteiger partial charge in [0.25, 0.3) is 0 Å². The summed E-state index contributed by atoms with van der Waals surface area (Å²) in [5.74, 6) is 0. The van der Waals surface area contributed by atoms with Gasteiger partial charge in [0.2, 0.25) is 10.0 Å². The number of likely N-dealkylation sites (N-methyl/N-ethyl adjacent to an activating group) is 1. The van der Waals surface area contributed by atoms with E-state index in [4.69, 9.17) is 0 Å². The average Bonchev–Trinajstić information content (AvgIpc) is 2.15. The standard InChI is InChI=1S/C10H13BrN2O2S/c1-13(9-6-12-7-9)16(14,15)10-4-2-3-8(11)5-10/h2-5,9,12H,6-7H2,1H3. The number of benzene rings is 1. The molecule has 1 aliphatic heterocycles.